The summed E-state index contributed by atoms with van der Waals surface area (Å²) >= 11 is 7.28. The van der Waals surface area contributed by atoms with E-state index in [1.165, 1.54) is 11.8 Å². The predicted molar refractivity (Wildman–Crippen MR) is 104 cm³/mol. The fourth-order valence-corrected chi connectivity index (χ4v) is 3.12. The summed E-state index contributed by atoms with van der Waals surface area (Å²) < 4.78 is 0. The molecule has 25 heavy (non-hydrogen) atoms. The van der Waals surface area contributed by atoms with E-state index in [0.717, 1.165) is 4.90 Å². The number of nitrogens with one attached hydrogen (secondary N) is 1. The summed E-state index contributed by atoms with van der Waals surface area (Å²) in [4.78, 5) is 27.2. The van der Waals surface area contributed by atoms with Crippen LogP contribution in [-0.4, -0.2) is 35.6 Å². The van der Waals surface area contributed by atoms with Crippen LogP contribution in [0.1, 0.15) is 24.2 Å². The molecule has 6 heteroatoms. The minimum absolute atomic E-state index is 0.0309. The van der Waals surface area contributed by atoms with Crippen molar-refractivity contribution in [1.82, 2.24) is 4.90 Å². The number of rotatable bonds is 7. The fraction of sp³-hybridized carbons (Fsp3) is 0.263. The highest BCUT2D eigenvalue weighted by Crippen LogP contribution is 2.21. The van der Waals surface area contributed by atoms with Gasteiger partial charge in [0.05, 0.1) is 5.75 Å². The van der Waals surface area contributed by atoms with Crippen molar-refractivity contribution in [2.24, 2.45) is 0 Å². The third-order valence-electron chi connectivity index (χ3n) is 3.63. The molecule has 0 bridgehead atoms. The third-order valence-corrected chi connectivity index (χ3v) is 4.89. The van der Waals surface area contributed by atoms with E-state index in [9.17, 15) is 9.59 Å². The van der Waals surface area contributed by atoms with Crippen LogP contribution in [0, 0.1) is 0 Å². The lowest BCUT2D eigenvalue weighted by molar-refractivity contribution is -0.113. The average molecular weight is 377 g/mol. The van der Waals surface area contributed by atoms with Gasteiger partial charge in [-0.05, 0) is 56.3 Å². The van der Waals surface area contributed by atoms with Crippen molar-refractivity contribution in [3.8, 4) is 0 Å². The summed E-state index contributed by atoms with van der Waals surface area (Å²) in [5, 5.41) is 3.51. The first-order valence-corrected chi connectivity index (χ1v) is 9.47. The number of amides is 2. The van der Waals surface area contributed by atoms with Crippen molar-refractivity contribution in [1.29, 1.82) is 0 Å². The summed E-state index contributed by atoms with van der Waals surface area (Å²) in [6.45, 7) is 5.20. The molecule has 0 aliphatic rings. The maximum absolute atomic E-state index is 12.4. The van der Waals surface area contributed by atoms with Gasteiger partial charge in [-0.1, -0.05) is 17.7 Å². The minimum Gasteiger partial charge on any atom is -0.339 e. The first kappa shape index (κ1) is 19.3. The van der Waals surface area contributed by atoms with E-state index in [2.05, 4.69) is 5.32 Å². The number of carbonyl (C=O) groups excluding carboxylic acids is 2. The van der Waals surface area contributed by atoms with E-state index in [-0.39, 0.29) is 17.6 Å². The maximum Gasteiger partial charge on any atom is 0.253 e. The van der Waals surface area contributed by atoms with Crippen LogP contribution in [0.25, 0.3) is 0 Å². The molecule has 2 aromatic carbocycles. The monoisotopic (exact) mass is 376 g/mol. The molecule has 0 saturated carbocycles. The molecule has 2 amide bonds. The van der Waals surface area contributed by atoms with Gasteiger partial charge in [0.1, 0.15) is 0 Å². The topological polar surface area (TPSA) is 49.4 Å². The molecule has 0 aliphatic carbocycles. The molecule has 0 heterocycles. The zero-order chi connectivity index (χ0) is 18.2. The molecule has 0 aliphatic heterocycles. The smallest absolute Gasteiger partial charge is 0.253 e. The molecule has 132 valence electrons. The highest BCUT2D eigenvalue weighted by atomic mass is 35.5. The number of hydrogen-bond donors (Lipinski definition) is 1. The molecule has 0 aromatic heterocycles. The van der Waals surface area contributed by atoms with Crippen molar-refractivity contribution < 1.29 is 9.59 Å². The quantitative estimate of drug-likeness (QED) is 0.721. The van der Waals surface area contributed by atoms with E-state index in [4.69, 9.17) is 11.6 Å². The number of benzene rings is 2. The van der Waals surface area contributed by atoms with Gasteiger partial charge in [0, 0.05) is 34.3 Å². The van der Waals surface area contributed by atoms with Crippen molar-refractivity contribution in [3.05, 3.63) is 59.1 Å². The van der Waals surface area contributed by atoms with E-state index in [1.54, 1.807) is 41.3 Å². The Bertz CT molecular complexity index is 730. The number of thioether (sulfide) groups is 1. The average Bonchev–Trinajstić information content (AvgIpc) is 2.62. The number of hydrogen-bond acceptors (Lipinski definition) is 3. The highest BCUT2D eigenvalue weighted by molar-refractivity contribution is 8.00. The second-order valence-electron chi connectivity index (χ2n) is 5.35. The lowest BCUT2D eigenvalue weighted by atomic mass is 10.1. The molecule has 4 nitrogen and oxygen atoms in total. The normalized spacial score (nSPS) is 10.4. The fourth-order valence-electron chi connectivity index (χ4n) is 2.30. The molecule has 1 N–H and O–H groups in total. The van der Waals surface area contributed by atoms with Crippen LogP contribution in [0.2, 0.25) is 5.02 Å². The molecular formula is C19H21ClN2O2S. The zero-order valence-electron chi connectivity index (χ0n) is 14.3. The van der Waals surface area contributed by atoms with Crippen molar-refractivity contribution >= 4 is 40.9 Å². The Labute approximate surface area is 157 Å². The first-order chi connectivity index (χ1) is 12.0. The van der Waals surface area contributed by atoms with Gasteiger partial charge in [-0.2, -0.15) is 0 Å². The van der Waals surface area contributed by atoms with Gasteiger partial charge in [0.2, 0.25) is 5.91 Å². The summed E-state index contributed by atoms with van der Waals surface area (Å²) in [5.74, 6) is 0.139. The molecular weight excluding hydrogens is 356 g/mol. The van der Waals surface area contributed by atoms with Crippen molar-refractivity contribution in [2.75, 3.05) is 24.2 Å². The molecule has 0 atom stereocenters. The Hall–Kier alpha value is -1.98. The number of nitrogens with zero attached hydrogens (tertiary/aromatic N) is 1. The van der Waals surface area contributed by atoms with E-state index in [0.29, 0.717) is 29.4 Å². The van der Waals surface area contributed by atoms with Gasteiger partial charge in [-0.3, -0.25) is 9.59 Å². The molecule has 2 aromatic rings. The molecule has 0 saturated heterocycles. The second kappa shape index (κ2) is 9.49. The largest absolute Gasteiger partial charge is 0.339 e. The highest BCUT2D eigenvalue weighted by Gasteiger charge is 2.13. The summed E-state index contributed by atoms with van der Waals surface area (Å²) in [6, 6.07) is 14.4. The summed E-state index contributed by atoms with van der Waals surface area (Å²) in [5.41, 5.74) is 1.20. The van der Waals surface area contributed by atoms with E-state index >= 15 is 0 Å². The maximum atomic E-state index is 12.4. The number of carbonyl (C=O) groups is 2. The van der Waals surface area contributed by atoms with Gasteiger partial charge in [0.15, 0.2) is 0 Å². The standard InChI is InChI=1S/C19H21ClN2O2S/c1-3-22(4-2)19(24)14-6-5-7-16(12-14)21-18(23)13-25-17-10-8-15(20)9-11-17/h5-12H,3-4,13H2,1-2H3,(H,21,23). The van der Waals surface area contributed by atoms with Crippen LogP contribution in [0.5, 0.6) is 0 Å². The molecule has 2 rings (SSSR count). The van der Waals surface area contributed by atoms with Crippen LogP contribution in [0.3, 0.4) is 0 Å². The Morgan fingerprint density at radius 2 is 1.76 bits per heavy atom. The van der Waals surface area contributed by atoms with Gasteiger partial charge >= 0.3 is 0 Å². The second-order valence-corrected chi connectivity index (χ2v) is 6.83. The number of halogens is 1. The van der Waals surface area contributed by atoms with E-state index in [1.807, 2.05) is 26.0 Å². The predicted octanol–water partition coefficient (Wildman–Crippen LogP) is 4.55. The Kier molecular flexibility index (Phi) is 7.34. The molecule has 0 radical (unpaired) electrons. The van der Waals surface area contributed by atoms with Gasteiger partial charge in [0.25, 0.3) is 5.91 Å². The Morgan fingerprint density at radius 3 is 2.40 bits per heavy atom. The van der Waals surface area contributed by atoms with E-state index < -0.39 is 0 Å². The first-order valence-electron chi connectivity index (χ1n) is 8.11. The van der Waals surface area contributed by atoms with Crippen LogP contribution >= 0.6 is 23.4 Å². The van der Waals surface area contributed by atoms with Crippen LogP contribution in [0.4, 0.5) is 5.69 Å². The van der Waals surface area contributed by atoms with Crippen LogP contribution in [0.15, 0.2) is 53.4 Å². The molecule has 0 spiro atoms. The lowest BCUT2D eigenvalue weighted by Gasteiger charge is -2.19. The van der Waals surface area contributed by atoms with Crippen LogP contribution in [-0.2, 0) is 4.79 Å². The third kappa shape index (κ3) is 5.80. The lowest BCUT2D eigenvalue weighted by Crippen LogP contribution is -2.30. The van der Waals surface area contributed by atoms with Crippen LogP contribution < -0.4 is 5.32 Å². The van der Waals surface area contributed by atoms with Gasteiger partial charge < -0.3 is 10.2 Å². The van der Waals surface area contributed by atoms with Gasteiger partial charge in [-0.25, -0.2) is 0 Å². The molecule has 0 unspecified atom stereocenters. The van der Waals surface area contributed by atoms with Gasteiger partial charge in [-0.15, -0.1) is 11.8 Å². The molecule has 0 fully saturated rings. The zero-order valence-corrected chi connectivity index (χ0v) is 15.9. The SMILES string of the molecule is CCN(CC)C(=O)c1cccc(NC(=O)CSc2ccc(Cl)cc2)c1. The van der Waals surface area contributed by atoms with Crippen molar-refractivity contribution in [3.63, 3.8) is 0 Å². The Balaban J connectivity index is 1.95. The summed E-state index contributed by atoms with van der Waals surface area (Å²) in [6.07, 6.45) is 0. The summed E-state index contributed by atoms with van der Waals surface area (Å²) in [7, 11) is 0. The minimum atomic E-state index is -0.118. The van der Waals surface area contributed by atoms with Crippen molar-refractivity contribution in [2.45, 2.75) is 18.7 Å². The number of anilines is 1. The Morgan fingerprint density at radius 1 is 1.08 bits per heavy atom.